The van der Waals surface area contributed by atoms with Crippen LogP contribution in [0.4, 0.5) is 5.69 Å². The van der Waals surface area contributed by atoms with E-state index in [9.17, 15) is 4.79 Å². The first-order valence-electron chi connectivity index (χ1n) is 9.54. The Morgan fingerprint density at radius 2 is 1.81 bits per heavy atom. The van der Waals surface area contributed by atoms with Crippen LogP contribution >= 0.6 is 0 Å². The van der Waals surface area contributed by atoms with Gasteiger partial charge in [0.2, 0.25) is 11.8 Å². The highest BCUT2D eigenvalue weighted by molar-refractivity contribution is 5.95. The van der Waals surface area contributed by atoms with Crippen LogP contribution in [-0.4, -0.2) is 15.9 Å². The highest BCUT2D eigenvalue weighted by atomic mass is 16.5. The van der Waals surface area contributed by atoms with Crippen molar-refractivity contribution in [2.45, 2.75) is 38.5 Å². The van der Waals surface area contributed by atoms with Crippen molar-refractivity contribution in [1.29, 1.82) is 0 Å². The summed E-state index contributed by atoms with van der Waals surface area (Å²) in [6.07, 6.45) is 12.0. The lowest BCUT2D eigenvalue weighted by Crippen LogP contribution is -2.51. The molecular formula is C21H23N3O2. The lowest BCUT2D eigenvalue weighted by molar-refractivity contribution is -0.140. The van der Waals surface area contributed by atoms with Gasteiger partial charge < -0.3 is 10.1 Å². The van der Waals surface area contributed by atoms with E-state index in [1.807, 2.05) is 24.3 Å². The van der Waals surface area contributed by atoms with Crippen LogP contribution < -0.4 is 10.1 Å². The van der Waals surface area contributed by atoms with E-state index in [0.717, 1.165) is 42.7 Å². The Kier molecular flexibility index (Phi) is 3.69. The third kappa shape index (κ3) is 2.85. The summed E-state index contributed by atoms with van der Waals surface area (Å²) in [7, 11) is 0. The van der Waals surface area contributed by atoms with Crippen molar-refractivity contribution < 1.29 is 9.53 Å². The summed E-state index contributed by atoms with van der Waals surface area (Å²) >= 11 is 0. The molecule has 1 aromatic heterocycles. The minimum absolute atomic E-state index is 0.142. The molecule has 134 valence electrons. The lowest BCUT2D eigenvalue weighted by Gasteiger charge is -2.55. The van der Waals surface area contributed by atoms with E-state index in [1.165, 1.54) is 19.3 Å². The molecule has 26 heavy (non-hydrogen) atoms. The molecule has 0 unspecified atom stereocenters. The molecule has 2 aromatic rings. The molecule has 4 saturated carbocycles. The first-order valence-corrected chi connectivity index (χ1v) is 9.54. The number of amides is 1. The Balaban J connectivity index is 1.32. The number of hydrogen-bond donors (Lipinski definition) is 1. The Hall–Kier alpha value is -2.43. The van der Waals surface area contributed by atoms with E-state index in [2.05, 4.69) is 15.3 Å². The molecule has 5 heteroatoms. The molecule has 4 bridgehead atoms. The standard InChI is InChI=1S/C21H23N3O2/c25-20(21-10-14-6-15(11-21)8-16(7-14)12-21)24-17-2-1-3-18(9-17)26-19-13-22-4-5-23-19/h1-5,9,13-16H,6-8,10-12H2,(H,24,25). The van der Waals surface area contributed by atoms with E-state index in [0.29, 0.717) is 11.6 Å². The smallest absolute Gasteiger partial charge is 0.237 e. The first-order chi connectivity index (χ1) is 12.7. The van der Waals surface area contributed by atoms with Crippen molar-refractivity contribution in [2.75, 3.05) is 5.32 Å². The molecule has 4 fully saturated rings. The second-order valence-electron chi connectivity index (χ2n) is 8.33. The molecule has 4 aliphatic rings. The minimum Gasteiger partial charge on any atom is -0.437 e. The zero-order valence-corrected chi connectivity index (χ0v) is 14.7. The molecule has 0 aliphatic heterocycles. The first kappa shape index (κ1) is 15.8. The Morgan fingerprint density at radius 3 is 2.46 bits per heavy atom. The molecule has 0 saturated heterocycles. The molecule has 6 rings (SSSR count). The predicted octanol–water partition coefficient (Wildman–Crippen LogP) is 4.42. The van der Waals surface area contributed by atoms with Crippen molar-refractivity contribution in [1.82, 2.24) is 9.97 Å². The fraction of sp³-hybridized carbons (Fsp3) is 0.476. The van der Waals surface area contributed by atoms with Gasteiger partial charge in [-0.3, -0.25) is 9.78 Å². The van der Waals surface area contributed by atoms with Crippen molar-refractivity contribution in [3.05, 3.63) is 42.9 Å². The van der Waals surface area contributed by atoms with Crippen molar-refractivity contribution in [2.24, 2.45) is 23.2 Å². The largest absolute Gasteiger partial charge is 0.437 e. The van der Waals surface area contributed by atoms with Gasteiger partial charge in [0.1, 0.15) is 5.75 Å². The summed E-state index contributed by atoms with van der Waals surface area (Å²) in [5.74, 6) is 3.58. The molecule has 0 atom stereocenters. The van der Waals surface area contributed by atoms with E-state index in [-0.39, 0.29) is 11.3 Å². The predicted molar refractivity (Wildman–Crippen MR) is 97.8 cm³/mol. The van der Waals surface area contributed by atoms with Gasteiger partial charge in [-0.15, -0.1) is 0 Å². The molecule has 0 spiro atoms. The van der Waals surface area contributed by atoms with Gasteiger partial charge in [-0.2, -0.15) is 0 Å². The highest BCUT2D eigenvalue weighted by Crippen LogP contribution is 2.60. The van der Waals surface area contributed by atoms with Gasteiger partial charge in [0, 0.05) is 24.1 Å². The Bertz CT molecular complexity index is 786. The van der Waals surface area contributed by atoms with Gasteiger partial charge >= 0.3 is 0 Å². The number of nitrogens with zero attached hydrogens (tertiary/aromatic N) is 2. The van der Waals surface area contributed by atoms with Gasteiger partial charge in [0.25, 0.3) is 0 Å². The van der Waals surface area contributed by atoms with Gasteiger partial charge in [-0.1, -0.05) is 6.07 Å². The fourth-order valence-electron chi connectivity index (χ4n) is 5.75. The van der Waals surface area contributed by atoms with Crippen LogP contribution in [0.15, 0.2) is 42.9 Å². The minimum atomic E-state index is -0.142. The number of aromatic nitrogens is 2. The van der Waals surface area contributed by atoms with Crippen LogP contribution in [-0.2, 0) is 4.79 Å². The molecule has 1 N–H and O–H groups in total. The van der Waals surface area contributed by atoms with Gasteiger partial charge in [-0.25, -0.2) is 4.98 Å². The number of carbonyl (C=O) groups is 1. The van der Waals surface area contributed by atoms with E-state index in [4.69, 9.17) is 4.74 Å². The second-order valence-corrected chi connectivity index (χ2v) is 8.33. The van der Waals surface area contributed by atoms with Crippen LogP contribution in [0.1, 0.15) is 38.5 Å². The summed E-state index contributed by atoms with van der Waals surface area (Å²) in [5, 5.41) is 3.17. The van der Waals surface area contributed by atoms with Gasteiger partial charge in [0.05, 0.1) is 11.6 Å². The maximum Gasteiger partial charge on any atom is 0.237 e. The number of anilines is 1. The summed E-state index contributed by atoms with van der Waals surface area (Å²) in [5.41, 5.74) is 0.642. The number of carbonyl (C=O) groups excluding carboxylic acids is 1. The molecular weight excluding hydrogens is 326 g/mol. The van der Waals surface area contributed by atoms with E-state index >= 15 is 0 Å². The number of hydrogen-bond acceptors (Lipinski definition) is 4. The van der Waals surface area contributed by atoms with Crippen LogP contribution in [0.3, 0.4) is 0 Å². The quantitative estimate of drug-likeness (QED) is 0.887. The van der Waals surface area contributed by atoms with Crippen molar-refractivity contribution in [3.63, 3.8) is 0 Å². The van der Waals surface area contributed by atoms with Crippen LogP contribution in [0.25, 0.3) is 0 Å². The third-order valence-electron chi connectivity index (χ3n) is 6.37. The third-order valence-corrected chi connectivity index (χ3v) is 6.37. The van der Waals surface area contributed by atoms with E-state index in [1.54, 1.807) is 18.6 Å². The van der Waals surface area contributed by atoms with Crippen molar-refractivity contribution >= 4 is 11.6 Å². The molecule has 0 radical (unpaired) electrons. The maximum atomic E-state index is 13.2. The Morgan fingerprint density at radius 1 is 1.08 bits per heavy atom. The van der Waals surface area contributed by atoms with Gasteiger partial charge in [-0.05, 0) is 68.4 Å². The average Bonchev–Trinajstić information content (AvgIpc) is 2.62. The molecule has 1 amide bonds. The number of rotatable bonds is 4. The molecule has 4 aliphatic carbocycles. The normalized spacial score (nSPS) is 31.6. The zero-order chi connectivity index (χ0) is 17.6. The van der Waals surface area contributed by atoms with Crippen LogP contribution in [0.2, 0.25) is 0 Å². The van der Waals surface area contributed by atoms with Crippen LogP contribution in [0.5, 0.6) is 11.6 Å². The SMILES string of the molecule is O=C(Nc1cccc(Oc2cnccn2)c1)C12CC3CC(CC(C3)C1)C2. The lowest BCUT2D eigenvalue weighted by atomic mass is 9.49. The Labute approximate surface area is 153 Å². The number of nitrogens with one attached hydrogen (secondary N) is 1. The van der Waals surface area contributed by atoms with Crippen LogP contribution in [0, 0.1) is 23.2 Å². The van der Waals surface area contributed by atoms with Crippen molar-refractivity contribution in [3.8, 4) is 11.6 Å². The fourth-order valence-corrected chi connectivity index (χ4v) is 5.75. The van der Waals surface area contributed by atoms with Gasteiger partial charge in [0.15, 0.2) is 0 Å². The monoisotopic (exact) mass is 349 g/mol. The summed E-state index contributed by atoms with van der Waals surface area (Å²) in [6.45, 7) is 0. The topological polar surface area (TPSA) is 64.1 Å². The molecule has 1 aromatic carbocycles. The van der Waals surface area contributed by atoms with E-state index < -0.39 is 0 Å². The average molecular weight is 349 g/mol. The molecule has 1 heterocycles. The summed E-state index contributed by atoms with van der Waals surface area (Å²) in [4.78, 5) is 21.3. The second kappa shape index (κ2) is 6.08. The summed E-state index contributed by atoms with van der Waals surface area (Å²) in [6, 6.07) is 7.52. The maximum absolute atomic E-state index is 13.2. The number of ether oxygens (including phenoxy) is 1. The zero-order valence-electron chi connectivity index (χ0n) is 14.7. The highest BCUT2D eigenvalue weighted by Gasteiger charge is 2.54. The number of benzene rings is 1. The summed E-state index contributed by atoms with van der Waals surface area (Å²) < 4.78 is 5.72. The molecule has 5 nitrogen and oxygen atoms in total.